The number of imidazole rings is 1. The van der Waals surface area contributed by atoms with Gasteiger partial charge in [0.15, 0.2) is 5.78 Å². The van der Waals surface area contributed by atoms with Crippen molar-refractivity contribution in [3.8, 4) is 0 Å². The Kier molecular flexibility index (Phi) is 36.7. The Hall–Kier alpha value is -1.82. The first-order chi connectivity index (χ1) is 18.1. The summed E-state index contributed by atoms with van der Waals surface area (Å²) in [6.07, 6.45) is 22.2. The van der Waals surface area contributed by atoms with E-state index in [9.17, 15) is 9.59 Å². The first kappa shape index (κ1) is 39.7. The van der Waals surface area contributed by atoms with Crippen LogP contribution in [0.2, 0.25) is 0 Å². The average molecular weight is 524 g/mol. The van der Waals surface area contributed by atoms with Gasteiger partial charge in [-0.15, -0.1) is 0 Å². The largest absolute Gasteiger partial charge is 0.348 e. The molecule has 0 fully saturated rings. The predicted octanol–water partition coefficient (Wildman–Crippen LogP) is 8.44. The van der Waals surface area contributed by atoms with Gasteiger partial charge in [-0.25, -0.2) is 4.98 Å². The number of carbonyl (C=O) groups excluding carboxylic acids is 3. The highest BCUT2D eigenvalue weighted by Crippen LogP contribution is 2.13. The van der Waals surface area contributed by atoms with Crippen LogP contribution >= 0.6 is 0 Å². The smallest absolute Gasteiger partial charge is 0.179 e. The number of unbranched alkanes of at least 4 members (excludes halogenated alkanes) is 12. The van der Waals surface area contributed by atoms with E-state index < -0.39 is 0 Å². The molecule has 0 aliphatic rings. The zero-order valence-corrected chi connectivity index (χ0v) is 25.4. The number of ketones is 2. The fourth-order valence-electron chi connectivity index (χ4n) is 3.85. The minimum absolute atomic E-state index is 0.0418. The molecule has 1 aromatic rings. The van der Waals surface area contributed by atoms with Gasteiger partial charge < -0.3 is 15.1 Å². The minimum Gasteiger partial charge on any atom is -0.348 e. The number of hydrogen-bond acceptors (Lipinski definition) is 5. The average Bonchev–Trinajstić information content (AvgIpc) is 3.39. The molecule has 6 nitrogen and oxygen atoms in total. The molecule has 2 N–H and O–H groups in total. The molecule has 0 aliphatic carbocycles. The molecule has 1 heterocycles. The molecule has 0 saturated carbocycles. The summed E-state index contributed by atoms with van der Waals surface area (Å²) in [6, 6.07) is 0. The van der Waals surface area contributed by atoms with Crippen LogP contribution in [0.1, 0.15) is 160 Å². The maximum Gasteiger partial charge on any atom is 0.179 e. The van der Waals surface area contributed by atoms with Crippen molar-refractivity contribution in [2.24, 2.45) is 0 Å². The van der Waals surface area contributed by atoms with Crippen LogP contribution in [0.4, 0.5) is 0 Å². The van der Waals surface area contributed by atoms with Crippen molar-refractivity contribution in [3.05, 3.63) is 17.7 Å². The number of nitrogens with zero attached hydrogens (tertiary/aromatic N) is 1. The summed E-state index contributed by atoms with van der Waals surface area (Å²) in [5.41, 5.74) is 1.58. The minimum atomic E-state index is 0.0418. The second-order valence-electron chi connectivity index (χ2n) is 9.24. The third-order valence-electron chi connectivity index (χ3n) is 5.89. The van der Waals surface area contributed by atoms with Crippen LogP contribution in [0.25, 0.3) is 0 Å². The number of aromatic amines is 1. The van der Waals surface area contributed by atoms with E-state index in [-0.39, 0.29) is 5.78 Å². The third-order valence-corrected chi connectivity index (χ3v) is 5.89. The van der Waals surface area contributed by atoms with Crippen LogP contribution in [0, 0.1) is 0 Å². The van der Waals surface area contributed by atoms with Gasteiger partial charge in [0.1, 0.15) is 18.3 Å². The molecular weight excluding hydrogens is 462 g/mol. The molecule has 218 valence electrons. The fraction of sp³-hybridized carbons (Fsp3) is 0.806. The van der Waals surface area contributed by atoms with Crippen molar-refractivity contribution >= 4 is 18.4 Å². The number of nitrogens with one attached hydrogen (secondary N) is 2. The summed E-state index contributed by atoms with van der Waals surface area (Å²) >= 11 is 0. The van der Waals surface area contributed by atoms with Gasteiger partial charge in [-0.3, -0.25) is 9.59 Å². The fourth-order valence-corrected chi connectivity index (χ4v) is 3.85. The lowest BCUT2D eigenvalue weighted by Gasteiger charge is -2.04. The van der Waals surface area contributed by atoms with Crippen LogP contribution in [0.5, 0.6) is 0 Å². The Morgan fingerprint density at radius 1 is 0.784 bits per heavy atom. The highest BCUT2D eigenvalue weighted by atomic mass is 16.1. The van der Waals surface area contributed by atoms with Crippen molar-refractivity contribution in [2.75, 3.05) is 13.1 Å². The maximum absolute atomic E-state index is 11.6. The summed E-state index contributed by atoms with van der Waals surface area (Å²) in [7, 11) is 0. The normalized spacial score (nSPS) is 9.78. The van der Waals surface area contributed by atoms with Crippen molar-refractivity contribution in [3.63, 3.8) is 0 Å². The van der Waals surface area contributed by atoms with E-state index >= 15 is 0 Å². The molecule has 37 heavy (non-hydrogen) atoms. The van der Waals surface area contributed by atoms with E-state index in [1.807, 2.05) is 20.6 Å². The number of H-pyrrole nitrogens is 1. The van der Waals surface area contributed by atoms with Crippen LogP contribution < -0.4 is 5.32 Å². The van der Waals surface area contributed by atoms with Gasteiger partial charge in [0.05, 0.1) is 12.9 Å². The quantitative estimate of drug-likeness (QED) is 0.125. The van der Waals surface area contributed by atoms with Gasteiger partial charge in [-0.1, -0.05) is 112 Å². The number of aromatic nitrogens is 2. The maximum atomic E-state index is 11.6. The molecular formula is C31H61N3O3. The lowest BCUT2D eigenvalue weighted by molar-refractivity contribution is -0.118. The molecule has 0 spiro atoms. The summed E-state index contributed by atoms with van der Waals surface area (Å²) < 4.78 is 0. The zero-order valence-electron chi connectivity index (χ0n) is 25.4. The second kappa shape index (κ2) is 34.2. The van der Waals surface area contributed by atoms with Crippen LogP contribution in [-0.2, 0) is 16.0 Å². The Morgan fingerprint density at radius 3 is 1.76 bits per heavy atom. The molecule has 0 aliphatic heterocycles. The summed E-state index contributed by atoms with van der Waals surface area (Å²) in [5.74, 6) is 0.392. The van der Waals surface area contributed by atoms with Crippen LogP contribution in [0.15, 0.2) is 6.33 Å². The first-order valence-corrected chi connectivity index (χ1v) is 15.1. The van der Waals surface area contributed by atoms with Gasteiger partial charge in [-0.2, -0.15) is 0 Å². The van der Waals surface area contributed by atoms with Gasteiger partial charge in [0.25, 0.3) is 0 Å². The second-order valence-corrected chi connectivity index (χ2v) is 9.24. The number of rotatable bonds is 21. The van der Waals surface area contributed by atoms with Gasteiger partial charge in [0, 0.05) is 19.0 Å². The molecule has 6 heteroatoms. The Morgan fingerprint density at radius 2 is 1.27 bits per heavy atom. The lowest BCUT2D eigenvalue weighted by atomic mass is 10.0. The molecule has 0 unspecified atom stereocenters. The molecule has 0 radical (unpaired) electrons. The van der Waals surface area contributed by atoms with E-state index in [1.165, 1.54) is 77.0 Å². The van der Waals surface area contributed by atoms with E-state index in [0.29, 0.717) is 18.0 Å². The molecule has 0 bridgehead atoms. The molecule has 1 aromatic heterocycles. The standard InChI is InChI=1S/C21H37N3O2.C7H16.C2H6.CH2O/c1-3-15-22-16-19(26)13-11-9-7-5-4-6-8-10-12-14-20-21(18(2)25)24-17-23-20;1-3-5-7-6-4-2;2*1-2/h17,22H,3-16H2,1-2H3,(H,23,24);3-7H2,1-2H3;1-2H3;1H2. The summed E-state index contributed by atoms with van der Waals surface area (Å²) in [6.45, 7) is 15.7. The summed E-state index contributed by atoms with van der Waals surface area (Å²) in [5, 5.41) is 3.17. The molecule has 0 atom stereocenters. The predicted molar refractivity (Wildman–Crippen MR) is 160 cm³/mol. The monoisotopic (exact) mass is 523 g/mol. The first-order valence-electron chi connectivity index (χ1n) is 15.1. The number of hydrogen-bond donors (Lipinski definition) is 2. The van der Waals surface area contributed by atoms with E-state index in [4.69, 9.17) is 4.79 Å². The third kappa shape index (κ3) is 28.6. The topological polar surface area (TPSA) is 91.9 Å². The summed E-state index contributed by atoms with van der Waals surface area (Å²) in [4.78, 5) is 38.2. The SMILES string of the molecule is C=O.CC.CCCCCCC.CCCNCC(=O)CCCCCCCCCCCc1[nH]cnc1C(C)=O. The van der Waals surface area contributed by atoms with E-state index in [2.05, 4.69) is 36.1 Å². The van der Waals surface area contributed by atoms with Gasteiger partial charge >= 0.3 is 0 Å². The molecule has 1 rings (SSSR count). The number of aryl methyl sites for hydroxylation is 1. The number of Topliss-reactive ketones (excluding diaryl/α,β-unsaturated/α-hetero) is 2. The van der Waals surface area contributed by atoms with Crippen molar-refractivity contribution < 1.29 is 14.4 Å². The Balaban J connectivity index is -0.000000891. The number of carbonyl (C=O) groups is 3. The van der Waals surface area contributed by atoms with E-state index in [0.717, 1.165) is 44.3 Å². The van der Waals surface area contributed by atoms with Crippen LogP contribution in [0.3, 0.4) is 0 Å². The van der Waals surface area contributed by atoms with Crippen molar-refractivity contribution in [1.29, 1.82) is 0 Å². The molecule has 0 saturated heterocycles. The van der Waals surface area contributed by atoms with Crippen LogP contribution in [-0.4, -0.2) is 41.4 Å². The van der Waals surface area contributed by atoms with Crippen molar-refractivity contribution in [1.82, 2.24) is 15.3 Å². The van der Waals surface area contributed by atoms with Gasteiger partial charge in [-0.05, 0) is 32.2 Å². The lowest BCUT2D eigenvalue weighted by Crippen LogP contribution is -2.23. The Bertz CT molecular complexity index is 598. The highest BCUT2D eigenvalue weighted by molar-refractivity contribution is 5.93. The zero-order chi connectivity index (χ0) is 28.6. The highest BCUT2D eigenvalue weighted by Gasteiger charge is 2.09. The van der Waals surface area contributed by atoms with Crippen molar-refractivity contribution in [2.45, 2.75) is 151 Å². The van der Waals surface area contributed by atoms with Gasteiger partial charge in [0.2, 0.25) is 0 Å². The Labute approximate surface area is 229 Å². The molecule has 0 amide bonds. The van der Waals surface area contributed by atoms with E-state index in [1.54, 1.807) is 13.3 Å². The molecule has 0 aromatic carbocycles.